The first-order valence-electron chi connectivity index (χ1n) is 5.58. The summed E-state index contributed by atoms with van der Waals surface area (Å²) in [4.78, 5) is 9.25. The van der Waals surface area contributed by atoms with E-state index in [4.69, 9.17) is 4.52 Å². The molecule has 0 aliphatic carbocycles. The molecule has 0 radical (unpaired) electrons. The van der Waals surface area contributed by atoms with Crippen LogP contribution in [0.2, 0.25) is 0 Å². The van der Waals surface area contributed by atoms with Crippen molar-refractivity contribution in [3.8, 4) is 0 Å². The van der Waals surface area contributed by atoms with Crippen LogP contribution < -0.4 is 0 Å². The quantitative estimate of drug-likeness (QED) is 0.479. The summed E-state index contributed by atoms with van der Waals surface area (Å²) in [5, 5.41) is 0. The minimum atomic E-state index is -3.25. The van der Waals surface area contributed by atoms with Gasteiger partial charge >= 0.3 is 7.60 Å². The molecular formula is C10H23O3P. The van der Waals surface area contributed by atoms with Crippen LogP contribution >= 0.6 is 7.60 Å². The third kappa shape index (κ3) is 8.74. The van der Waals surface area contributed by atoms with E-state index in [-0.39, 0.29) is 6.16 Å². The van der Waals surface area contributed by atoms with E-state index >= 15 is 0 Å². The molecule has 0 fully saturated rings. The predicted octanol–water partition coefficient (Wildman–Crippen LogP) is 3.57. The topological polar surface area (TPSA) is 46.5 Å². The van der Waals surface area contributed by atoms with Gasteiger partial charge in [0.25, 0.3) is 0 Å². The summed E-state index contributed by atoms with van der Waals surface area (Å²) in [6.45, 7) is 4.48. The first-order valence-corrected chi connectivity index (χ1v) is 7.35. The highest BCUT2D eigenvalue weighted by molar-refractivity contribution is 7.52. The standard InChI is InChI=1S/C10H23O3P/c1-3-5-6-7-8-9-13-14(11,12)10-4-2/h3-10H2,1-2H3,(H,11,12). The van der Waals surface area contributed by atoms with Crippen molar-refractivity contribution in [3.63, 3.8) is 0 Å². The zero-order valence-electron chi connectivity index (χ0n) is 9.37. The van der Waals surface area contributed by atoms with E-state index in [0.717, 1.165) is 12.8 Å². The fraction of sp³-hybridized carbons (Fsp3) is 1.00. The Bertz CT molecular complexity index is 171. The fourth-order valence-corrected chi connectivity index (χ4v) is 2.37. The molecule has 1 N–H and O–H groups in total. The normalized spacial score (nSPS) is 15.4. The monoisotopic (exact) mass is 222 g/mol. The van der Waals surface area contributed by atoms with Crippen LogP contribution in [0.5, 0.6) is 0 Å². The van der Waals surface area contributed by atoms with Gasteiger partial charge in [-0.05, 0) is 12.8 Å². The SMILES string of the molecule is CCCCCCCOP(=O)(O)CCC. The van der Waals surface area contributed by atoms with Crippen molar-refractivity contribution in [2.75, 3.05) is 12.8 Å². The van der Waals surface area contributed by atoms with E-state index in [1.165, 1.54) is 19.3 Å². The molecular weight excluding hydrogens is 199 g/mol. The van der Waals surface area contributed by atoms with E-state index in [0.29, 0.717) is 13.0 Å². The zero-order chi connectivity index (χ0) is 10.9. The molecule has 0 aromatic rings. The van der Waals surface area contributed by atoms with Gasteiger partial charge in [0.05, 0.1) is 6.61 Å². The van der Waals surface area contributed by atoms with Gasteiger partial charge in [-0.25, -0.2) is 0 Å². The number of unbranched alkanes of at least 4 members (excludes halogenated alkanes) is 4. The van der Waals surface area contributed by atoms with Crippen molar-refractivity contribution in [1.82, 2.24) is 0 Å². The lowest BCUT2D eigenvalue weighted by molar-refractivity contribution is 0.252. The molecule has 0 rings (SSSR count). The van der Waals surface area contributed by atoms with Crippen LogP contribution in [-0.2, 0) is 9.09 Å². The van der Waals surface area contributed by atoms with E-state index in [1.54, 1.807) is 0 Å². The van der Waals surface area contributed by atoms with Gasteiger partial charge in [0.2, 0.25) is 0 Å². The van der Waals surface area contributed by atoms with Crippen molar-refractivity contribution >= 4 is 7.60 Å². The third-order valence-corrected chi connectivity index (χ3v) is 3.65. The fourth-order valence-electron chi connectivity index (χ4n) is 1.26. The molecule has 0 aromatic heterocycles. The van der Waals surface area contributed by atoms with Gasteiger partial charge < -0.3 is 9.42 Å². The Kier molecular flexibility index (Phi) is 8.55. The number of hydrogen-bond donors (Lipinski definition) is 1. The molecule has 0 spiro atoms. The van der Waals surface area contributed by atoms with Crippen molar-refractivity contribution in [1.29, 1.82) is 0 Å². The van der Waals surface area contributed by atoms with Crippen LogP contribution in [0.3, 0.4) is 0 Å². The summed E-state index contributed by atoms with van der Waals surface area (Å²) in [5.41, 5.74) is 0. The van der Waals surface area contributed by atoms with E-state index in [2.05, 4.69) is 6.92 Å². The first-order chi connectivity index (χ1) is 6.62. The Balaban J connectivity index is 3.30. The highest BCUT2D eigenvalue weighted by atomic mass is 31.2. The molecule has 3 nitrogen and oxygen atoms in total. The lowest BCUT2D eigenvalue weighted by Gasteiger charge is -2.10. The molecule has 86 valence electrons. The average Bonchev–Trinajstić information content (AvgIpc) is 2.11. The van der Waals surface area contributed by atoms with Gasteiger partial charge in [-0.2, -0.15) is 0 Å². The average molecular weight is 222 g/mol. The Morgan fingerprint density at radius 1 is 1.07 bits per heavy atom. The summed E-state index contributed by atoms with van der Waals surface area (Å²) >= 11 is 0. The van der Waals surface area contributed by atoms with Crippen LogP contribution in [-0.4, -0.2) is 17.7 Å². The van der Waals surface area contributed by atoms with Crippen LogP contribution in [0, 0.1) is 0 Å². The smallest absolute Gasteiger partial charge is 0.324 e. The maximum absolute atomic E-state index is 11.2. The maximum atomic E-state index is 11.2. The van der Waals surface area contributed by atoms with Gasteiger partial charge in [-0.3, -0.25) is 4.57 Å². The largest absolute Gasteiger partial charge is 0.328 e. The lowest BCUT2D eigenvalue weighted by atomic mass is 10.2. The highest BCUT2D eigenvalue weighted by Crippen LogP contribution is 2.42. The second kappa shape index (κ2) is 8.46. The van der Waals surface area contributed by atoms with Gasteiger partial charge in [0.1, 0.15) is 0 Å². The molecule has 0 amide bonds. The highest BCUT2D eigenvalue weighted by Gasteiger charge is 2.16. The van der Waals surface area contributed by atoms with Gasteiger partial charge in [-0.1, -0.05) is 39.5 Å². The van der Waals surface area contributed by atoms with Crippen LogP contribution in [0.25, 0.3) is 0 Å². The Morgan fingerprint density at radius 3 is 2.29 bits per heavy atom. The molecule has 1 unspecified atom stereocenters. The summed E-state index contributed by atoms with van der Waals surface area (Å²) < 4.78 is 16.2. The second-order valence-corrected chi connectivity index (χ2v) is 5.59. The molecule has 0 aliphatic heterocycles. The third-order valence-electron chi connectivity index (χ3n) is 2.05. The van der Waals surface area contributed by atoms with E-state index < -0.39 is 7.60 Å². The zero-order valence-corrected chi connectivity index (χ0v) is 10.3. The molecule has 1 atom stereocenters. The number of hydrogen-bond acceptors (Lipinski definition) is 2. The number of rotatable bonds is 9. The molecule has 0 aliphatic rings. The molecule has 0 saturated heterocycles. The molecule has 0 heterocycles. The first kappa shape index (κ1) is 14.2. The molecule has 0 aromatic carbocycles. The van der Waals surface area contributed by atoms with Crippen molar-refractivity contribution in [2.45, 2.75) is 52.4 Å². The Morgan fingerprint density at radius 2 is 1.71 bits per heavy atom. The summed E-state index contributed by atoms with van der Waals surface area (Å²) in [5.74, 6) is 0. The molecule has 14 heavy (non-hydrogen) atoms. The predicted molar refractivity (Wildman–Crippen MR) is 59.7 cm³/mol. The Hall–Kier alpha value is 0.150. The van der Waals surface area contributed by atoms with Gasteiger partial charge in [0.15, 0.2) is 0 Å². The van der Waals surface area contributed by atoms with E-state index in [1.807, 2.05) is 6.92 Å². The molecule has 0 bridgehead atoms. The lowest BCUT2D eigenvalue weighted by Crippen LogP contribution is -1.96. The van der Waals surface area contributed by atoms with Gasteiger partial charge in [-0.15, -0.1) is 0 Å². The molecule has 0 saturated carbocycles. The van der Waals surface area contributed by atoms with Crippen LogP contribution in [0.15, 0.2) is 0 Å². The Labute approximate surface area is 87.4 Å². The van der Waals surface area contributed by atoms with Crippen LogP contribution in [0.4, 0.5) is 0 Å². The van der Waals surface area contributed by atoms with Crippen molar-refractivity contribution in [3.05, 3.63) is 0 Å². The second-order valence-electron chi connectivity index (χ2n) is 3.61. The summed E-state index contributed by atoms with van der Waals surface area (Å²) in [7, 11) is -3.25. The maximum Gasteiger partial charge on any atom is 0.328 e. The van der Waals surface area contributed by atoms with Crippen molar-refractivity contribution in [2.24, 2.45) is 0 Å². The minimum Gasteiger partial charge on any atom is -0.324 e. The minimum absolute atomic E-state index is 0.280. The summed E-state index contributed by atoms with van der Waals surface area (Å²) in [6, 6.07) is 0. The molecule has 4 heteroatoms. The summed E-state index contributed by atoms with van der Waals surface area (Å²) in [6.07, 6.45) is 6.63. The van der Waals surface area contributed by atoms with E-state index in [9.17, 15) is 9.46 Å². The van der Waals surface area contributed by atoms with Crippen molar-refractivity contribution < 1.29 is 14.0 Å². The van der Waals surface area contributed by atoms with Crippen LogP contribution in [0.1, 0.15) is 52.4 Å². The van der Waals surface area contributed by atoms with Gasteiger partial charge in [0, 0.05) is 6.16 Å².